The molecule has 0 aliphatic carbocycles. The van der Waals surface area contributed by atoms with Crippen LogP contribution in [0, 0.1) is 11.3 Å². The highest BCUT2D eigenvalue weighted by molar-refractivity contribution is 5.86. The predicted octanol–water partition coefficient (Wildman–Crippen LogP) is 4.55. The molecule has 2 aromatic carbocycles. The van der Waals surface area contributed by atoms with Crippen molar-refractivity contribution < 1.29 is 14.6 Å². The molecule has 2 heterocycles. The van der Waals surface area contributed by atoms with E-state index in [1.54, 1.807) is 16.8 Å². The van der Waals surface area contributed by atoms with Gasteiger partial charge in [0, 0.05) is 17.7 Å². The number of carbonyl (C=O) groups excluding carboxylic acids is 1. The van der Waals surface area contributed by atoms with Crippen LogP contribution in [-0.4, -0.2) is 39.2 Å². The lowest BCUT2D eigenvalue weighted by Gasteiger charge is -2.24. The standard InChI is InChI=1S/C30H33N5O3/c1-30(2,3)38-29(37)33-25(17-21-8-5-4-6-9-21)19-35-26(20-36)27(23-12-14-32-15-13-23)28(34-35)24-11-7-10-22(16-24)18-31/h4-14,16,25,32,36H,15,17,19-20H2,1-3H3,(H,33,37)/t25-/m0/s1. The number of rotatable bonds is 8. The molecule has 1 aliphatic heterocycles. The van der Waals surface area contributed by atoms with E-state index >= 15 is 0 Å². The highest BCUT2D eigenvalue weighted by atomic mass is 16.6. The van der Waals surface area contributed by atoms with E-state index in [0.29, 0.717) is 36.5 Å². The first-order chi connectivity index (χ1) is 18.3. The van der Waals surface area contributed by atoms with Gasteiger partial charge in [0.25, 0.3) is 0 Å². The van der Waals surface area contributed by atoms with Crippen LogP contribution in [0.25, 0.3) is 16.8 Å². The van der Waals surface area contributed by atoms with Crippen LogP contribution < -0.4 is 10.6 Å². The molecule has 8 heteroatoms. The van der Waals surface area contributed by atoms with Gasteiger partial charge in [-0.1, -0.05) is 48.5 Å². The van der Waals surface area contributed by atoms with Crippen LogP contribution in [0.15, 0.2) is 72.9 Å². The van der Waals surface area contributed by atoms with Gasteiger partial charge in [0.1, 0.15) is 11.3 Å². The van der Waals surface area contributed by atoms with Crippen molar-refractivity contribution in [3.05, 3.63) is 95.3 Å². The molecule has 0 saturated heterocycles. The minimum atomic E-state index is -0.636. The second kappa shape index (κ2) is 11.8. The van der Waals surface area contributed by atoms with E-state index in [9.17, 15) is 15.2 Å². The van der Waals surface area contributed by atoms with Gasteiger partial charge in [0.15, 0.2) is 0 Å². The summed E-state index contributed by atoms with van der Waals surface area (Å²) in [5.41, 5.74) is 4.74. The summed E-state index contributed by atoms with van der Waals surface area (Å²) in [5, 5.41) is 31.1. The molecule has 3 N–H and O–H groups in total. The molecule has 0 bridgehead atoms. The number of hydrogen-bond donors (Lipinski definition) is 3. The fraction of sp³-hybridized carbons (Fsp3) is 0.300. The predicted molar refractivity (Wildman–Crippen MR) is 147 cm³/mol. The number of alkyl carbamates (subject to hydrolysis) is 1. The van der Waals surface area contributed by atoms with Crippen LogP contribution in [-0.2, 0) is 24.3 Å². The molecule has 0 saturated carbocycles. The Kier molecular flexibility index (Phi) is 8.29. The number of benzene rings is 2. The van der Waals surface area contributed by atoms with Gasteiger partial charge in [-0.15, -0.1) is 0 Å². The quantitative estimate of drug-likeness (QED) is 0.409. The van der Waals surface area contributed by atoms with E-state index in [-0.39, 0.29) is 12.6 Å². The number of nitrogens with one attached hydrogen (secondary N) is 2. The molecule has 0 unspecified atom stereocenters. The largest absolute Gasteiger partial charge is 0.444 e. The van der Waals surface area contributed by atoms with Gasteiger partial charge in [-0.3, -0.25) is 4.68 Å². The number of allylic oxidation sites excluding steroid dienone is 2. The maximum Gasteiger partial charge on any atom is 0.407 e. The van der Waals surface area contributed by atoms with E-state index in [2.05, 4.69) is 16.7 Å². The van der Waals surface area contributed by atoms with Crippen molar-refractivity contribution in [2.75, 3.05) is 6.54 Å². The van der Waals surface area contributed by atoms with Crippen molar-refractivity contribution in [2.24, 2.45) is 0 Å². The number of amides is 1. The lowest BCUT2D eigenvalue weighted by Crippen LogP contribution is -2.42. The molecule has 8 nitrogen and oxygen atoms in total. The molecule has 0 radical (unpaired) electrons. The average molecular weight is 512 g/mol. The maximum atomic E-state index is 12.7. The van der Waals surface area contributed by atoms with Crippen LogP contribution >= 0.6 is 0 Å². The fourth-order valence-corrected chi connectivity index (χ4v) is 4.43. The topological polar surface area (TPSA) is 112 Å². The Bertz CT molecular complexity index is 1380. The molecular weight excluding hydrogens is 478 g/mol. The number of aliphatic hydroxyl groups is 1. The Balaban J connectivity index is 1.76. The summed E-state index contributed by atoms with van der Waals surface area (Å²) in [7, 11) is 0. The number of nitrogens with zero attached hydrogens (tertiary/aromatic N) is 3. The smallest absolute Gasteiger partial charge is 0.407 e. The molecule has 38 heavy (non-hydrogen) atoms. The lowest BCUT2D eigenvalue weighted by molar-refractivity contribution is 0.0498. The number of nitriles is 1. The summed E-state index contributed by atoms with van der Waals surface area (Å²) in [4.78, 5) is 12.7. The number of carbonyl (C=O) groups is 1. The van der Waals surface area contributed by atoms with Crippen LogP contribution in [0.4, 0.5) is 4.79 Å². The first-order valence-electron chi connectivity index (χ1n) is 12.6. The molecule has 1 amide bonds. The monoisotopic (exact) mass is 511 g/mol. The number of ether oxygens (including phenoxy) is 1. The molecule has 1 aliphatic rings. The van der Waals surface area contributed by atoms with Crippen molar-refractivity contribution in [3.8, 4) is 17.3 Å². The van der Waals surface area contributed by atoms with E-state index in [1.807, 2.05) is 81.6 Å². The van der Waals surface area contributed by atoms with Crippen molar-refractivity contribution in [1.29, 1.82) is 5.26 Å². The number of hydrogen-bond acceptors (Lipinski definition) is 6. The Morgan fingerprint density at radius 1 is 1.24 bits per heavy atom. The van der Waals surface area contributed by atoms with Gasteiger partial charge in [0.2, 0.25) is 0 Å². The average Bonchev–Trinajstić information content (AvgIpc) is 3.26. The third-order valence-electron chi connectivity index (χ3n) is 6.02. The second-order valence-electron chi connectivity index (χ2n) is 10.1. The molecule has 3 aromatic rings. The number of dihydropyridines is 1. The van der Waals surface area contributed by atoms with Gasteiger partial charge in [0.05, 0.1) is 36.5 Å². The summed E-state index contributed by atoms with van der Waals surface area (Å²) in [6.45, 7) is 6.18. The Hall–Kier alpha value is -4.35. The van der Waals surface area contributed by atoms with E-state index in [0.717, 1.165) is 22.3 Å². The summed E-state index contributed by atoms with van der Waals surface area (Å²) in [6, 6.07) is 19.0. The fourth-order valence-electron chi connectivity index (χ4n) is 4.43. The third kappa shape index (κ3) is 6.69. The van der Waals surface area contributed by atoms with Gasteiger partial charge in [-0.05, 0) is 62.7 Å². The Morgan fingerprint density at radius 3 is 2.68 bits per heavy atom. The molecular formula is C30H33N5O3. The zero-order valence-corrected chi connectivity index (χ0v) is 21.9. The van der Waals surface area contributed by atoms with Crippen molar-refractivity contribution >= 4 is 11.7 Å². The summed E-state index contributed by atoms with van der Waals surface area (Å²) in [6.07, 6.45) is 5.89. The van der Waals surface area contributed by atoms with E-state index < -0.39 is 11.7 Å². The van der Waals surface area contributed by atoms with Gasteiger partial charge < -0.3 is 20.5 Å². The normalized spacial score (nSPS) is 13.7. The van der Waals surface area contributed by atoms with Gasteiger partial charge in [-0.2, -0.15) is 10.4 Å². The zero-order chi connectivity index (χ0) is 27.1. The molecule has 0 spiro atoms. The lowest BCUT2D eigenvalue weighted by atomic mass is 9.96. The van der Waals surface area contributed by atoms with Gasteiger partial charge in [-0.25, -0.2) is 4.79 Å². The van der Waals surface area contributed by atoms with Crippen molar-refractivity contribution in [2.45, 2.75) is 52.0 Å². The summed E-state index contributed by atoms with van der Waals surface area (Å²) < 4.78 is 7.29. The Morgan fingerprint density at radius 2 is 2.03 bits per heavy atom. The summed E-state index contributed by atoms with van der Waals surface area (Å²) >= 11 is 0. The molecule has 196 valence electrons. The van der Waals surface area contributed by atoms with Crippen LogP contribution in [0.5, 0.6) is 0 Å². The number of aromatic nitrogens is 2. The molecule has 0 fully saturated rings. The molecule has 4 rings (SSSR count). The van der Waals surface area contributed by atoms with Crippen LogP contribution in [0.2, 0.25) is 0 Å². The summed E-state index contributed by atoms with van der Waals surface area (Å²) in [5.74, 6) is 0. The van der Waals surface area contributed by atoms with Gasteiger partial charge >= 0.3 is 6.09 Å². The third-order valence-corrected chi connectivity index (χ3v) is 6.02. The van der Waals surface area contributed by atoms with E-state index in [1.165, 1.54) is 0 Å². The highest BCUT2D eigenvalue weighted by Gasteiger charge is 2.25. The first-order valence-corrected chi connectivity index (χ1v) is 12.6. The van der Waals surface area contributed by atoms with Crippen LogP contribution in [0.1, 0.15) is 43.2 Å². The Labute approximate surface area is 223 Å². The number of aliphatic hydroxyl groups excluding tert-OH is 1. The SMILES string of the molecule is CC(C)(C)OC(=O)N[C@@H](Cc1ccccc1)Cn1nc(-c2cccc(C#N)c2)c(C2=CCNC=C2)c1CO. The molecule has 1 aromatic heterocycles. The maximum absolute atomic E-state index is 12.7. The minimum absolute atomic E-state index is 0.247. The van der Waals surface area contributed by atoms with E-state index in [4.69, 9.17) is 9.84 Å². The van der Waals surface area contributed by atoms with Crippen molar-refractivity contribution in [3.63, 3.8) is 0 Å². The van der Waals surface area contributed by atoms with Crippen LogP contribution in [0.3, 0.4) is 0 Å². The zero-order valence-electron chi connectivity index (χ0n) is 21.9. The van der Waals surface area contributed by atoms with Crippen molar-refractivity contribution in [1.82, 2.24) is 20.4 Å². The highest BCUT2D eigenvalue weighted by Crippen LogP contribution is 2.33. The second-order valence-corrected chi connectivity index (χ2v) is 10.1. The minimum Gasteiger partial charge on any atom is -0.444 e. The molecule has 1 atom stereocenters. The first kappa shape index (κ1) is 26.7.